The Kier molecular flexibility index (Phi) is 4.29. The van der Waals surface area contributed by atoms with Gasteiger partial charge in [0.05, 0.1) is 6.61 Å². The molecule has 2 bridgehead atoms. The fourth-order valence-electron chi connectivity index (χ4n) is 3.28. The van der Waals surface area contributed by atoms with E-state index in [0.717, 1.165) is 23.8 Å². The molecule has 4 rings (SSSR count). The number of rotatable bonds is 4. The summed E-state index contributed by atoms with van der Waals surface area (Å²) in [4.78, 5) is 13.9. The minimum atomic E-state index is -0.407. The zero-order valence-electron chi connectivity index (χ0n) is 12.5. The van der Waals surface area contributed by atoms with Crippen molar-refractivity contribution in [1.29, 1.82) is 0 Å². The lowest BCUT2D eigenvalue weighted by atomic mass is 9.84. The summed E-state index contributed by atoms with van der Waals surface area (Å²) in [6, 6.07) is 8.39. The number of anilines is 2. The molecule has 3 aliphatic rings. The molecular formula is C16H23N3O2. The fourth-order valence-corrected chi connectivity index (χ4v) is 3.28. The molecule has 1 amide bonds. The molecule has 2 N–H and O–H groups in total. The number of ether oxygens (including phenoxy) is 1. The third-order valence-electron chi connectivity index (χ3n) is 4.41. The second kappa shape index (κ2) is 6.35. The van der Waals surface area contributed by atoms with Crippen LogP contribution in [0.5, 0.6) is 0 Å². The van der Waals surface area contributed by atoms with E-state index in [4.69, 9.17) is 4.74 Å². The van der Waals surface area contributed by atoms with Gasteiger partial charge in [0.25, 0.3) is 0 Å². The average Bonchev–Trinajstić information content (AvgIpc) is 2.51. The topological polar surface area (TPSA) is 53.6 Å². The molecule has 21 heavy (non-hydrogen) atoms. The second-order valence-corrected chi connectivity index (χ2v) is 5.81. The van der Waals surface area contributed by atoms with Crippen molar-refractivity contribution in [3.8, 4) is 0 Å². The Bertz CT molecular complexity index is 481. The van der Waals surface area contributed by atoms with Crippen molar-refractivity contribution in [2.75, 3.05) is 36.9 Å². The number of carbonyl (C=O) groups is 1. The average molecular weight is 289 g/mol. The van der Waals surface area contributed by atoms with Gasteiger partial charge in [0.15, 0.2) is 0 Å². The lowest BCUT2D eigenvalue weighted by Crippen LogP contribution is -2.53. The molecule has 3 heterocycles. The van der Waals surface area contributed by atoms with Crippen molar-refractivity contribution in [2.45, 2.75) is 25.8 Å². The number of hydrogen-bond donors (Lipinski definition) is 2. The maximum atomic E-state index is 11.3. The number of benzene rings is 1. The van der Waals surface area contributed by atoms with Gasteiger partial charge in [-0.3, -0.25) is 5.32 Å². The van der Waals surface area contributed by atoms with Crippen molar-refractivity contribution >= 4 is 17.5 Å². The summed E-state index contributed by atoms with van der Waals surface area (Å²) >= 11 is 0. The van der Waals surface area contributed by atoms with Gasteiger partial charge >= 0.3 is 6.09 Å². The number of nitrogens with zero attached hydrogens (tertiary/aromatic N) is 1. The van der Waals surface area contributed by atoms with Crippen molar-refractivity contribution in [2.24, 2.45) is 5.92 Å². The molecule has 0 aliphatic carbocycles. The van der Waals surface area contributed by atoms with Crippen LogP contribution in [0, 0.1) is 5.92 Å². The van der Waals surface area contributed by atoms with Crippen LogP contribution in [0.15, 0.2) is 24.3 Å². The summed E-state index contributed by atoms with van der Waals surface area (Å²) in [6.45, 7) is 5.83. The smallest absolute Gasteiger partial charge is 0.411 e. The first-order chi connectivity index (χ1) is 10.2. The van der Waals surface area contributed by atoms with Crippen LogP contribution >= 0.6 is 0 Å². The Morgan fingerprint density at radius 2 is 1.90 bits per heavy atom. The summed E-state index contributed by atoms with van der Waals surface area (Å²) in [5.74, 6) is 0.798. The molecule has 3 fully saturated rings. The molecule has 3 aliphatic heterocycles. The Balaban J connectivity index is 1.56. The SMILES string of the molecule is CCOC(=O)Nc1ccc(NC2CN3CCC2CC3)cc1. The monoisotopic (exact) mass is 289 g/mol. The largest absolute Gasteiger partial charge is 0.450 e. The Labute approximate surface area is 125 Å². The van der Waals surface area contributed by atoms with Crippen LogP contribution in [-0.2, 0) is 4.74 Å². The quantitative estimate of drug-likeness (QED) is 0.895. The van der Waals surface area contributed by atoms with E-state index in [-0.39, 0.29) is 0 Å². The maximum Gasteiger partial charge on any atom is 0.411 e. The van der Waals surface area contributed by atoms with Crippen LogP contribution in [0.4, 0.5) is 16.2 Å². The molecule has 1 atom stereocenters. The normalized spacial score (nSPS) is 27.2. The van der Waals surface area contributed by atoms with E-state index >= 15 is 0 Å². The van der Waals surface area contributed by atoms with Gasteiger partial charge in [-0.2, -0.15) is 0 Å². The molecule has 3 saturated heterocycles. The lowest BCUT2D eigenvalue weighted by Gasteiger charge is -2.45. The maximum absolute atomic E-state index is 11.3. The number of fused-ring (bicyclic) bond motifs is 3. The highest BCUT2D eigenvalue weighted by atomic mass is 16.5. The molecule has 5 nitrogen and oxygen atoms in total. The van der Waals surface area contributed by atoms with Gasteiger partial charge in [-0.15, -0.1) is 0 Å². The van der Waals surface area contributed by atoms with Gasteiger partial charge in [-0.05, 0) is 63.0 Å². The predicted octanol–water partition coefficient (Wildman–Crippen LogP) is 2.76. The zero-order chi connectivity index (χ0) is 14.7. The molecule has 1 aromatic rings. The molecule has 1 aromatic carbocycles. The van der Waals surface area contributed by atoms with E-state index < -0.39 is 6.09 Å². The molecule has 0 spiro atoms. The van der Waals surface area contributed by atoms with Gasteiger partial charge in [0, 0.05) is 24.0 Å². The van der Waals surface area contributed by atoms with Crippen molar-refractivity contribution in [3.63, 3.8) is 0 Å². The number of piperidine rings is 3. The highest BCUT2D eigenvalue weighted by molar-refractivity contribution is 5.84. The summed E-state index contributed by atoms with van der Waals surface area (Å²) < 4.78 is 4.86. The molecule has 0 aromatic heterocycles. The van der Waals surface area contributed by atoms with Gasteiger partial charge < -0.3 is 15.0 Å². The van der Waals surface area contributed by atoms with Crippen LogP contribution in [-0.4, -0.2) is 43.3 Å². The van der Waals surface area contributed by atoms with E-state index in [0.29, 0.717) is 12.6 Å². The van der Waals surface area contributed by atoms with Gasteiger partial charge in [0.1, 0.15) is 0 Å². The summed E-state index contributed by atoms with van der Waals surface area (Å²) in [5, 5.41) is 6.34. The zero-order valence-corrected chi connectivity index (χ0v) is 12.5. The minimum Gasteiger partial charge on any atom is -0.450 e. The van der Waals surface area contributed by atoms with Crippen LogP contribution in [0.25, 0.3) is 0 Å². The first kappa shape index (κ1) is 14.2. The van der Waals surface area contributed by atoms with Crippen LogP contribution in [0.3, 0.4) is 0 Å². The summed E-state index contributed by atoms with van der Waals surface area (Å²) in [5.41, 5.74) is 1.87. The Hall–Kier alpha value is -1.75. The van der Waals surface area contributed by atoms with E-state index in [1.54, 1.807) is 6.92 Å². The van der Waals surface area contributed by atoms with Gasteiger partial charge in [-0.1, -0.05) is 0 Å². The van der Waals surface area contributed by atoms with Crippen LogP contribution in [0.1, 0.15) is 19.8 Å². The van der Waals surface area contributed by atoms with E-state index in [1.165, 1.54) is 25.9 Å². The highest BCUT2D eigenvalue weighted by Gasteiger charge is 2.33. The predicted molar refractivity (Wildman–Crippen MR) is 83.7 cm³/mol. The molecule has 114 valence electrons. The third-order valence-corrected chi connectivity index (χ3v) is 4.41. The standard InChI is InChI=1S/C16H23N3O2/c1-2-21-16(20)18-14-5-3-13(4-6-14)17-15-11-19-9-7-12(15)8-10-19/h3-6,12,15,17H,2,7-11H2,1H3,(H,18,20). The van der Waals surface area contributed by atoms with Gasteiger partial charge in [-0.25, -0.2) is 4.79 Å². The van der Waals surface area contributed by atoms with Gasteiger partial charge in [0.2, 0.25) is 0 Å². The highest BCUT2D eigenvalue weighted by Crippen LogP contribution is 2.29. The number of nitrogens with one attached hydrogen (secondary N) is 2. The molecule has 0 saturated carbocycles. The van der Waals surface area contributed by atoms with E-state index in [2.05, 4.69) is 15.5 Å². The van der Waals surface area contributed by atoms with Crippen molar-refractivity contribution in [3.05, 3.63) is 24.3 Å². The minimum absolute atomic E-state index is 0.380. The van der Waals surface area contributed by atoms with Crippen molar-refractivity contribution in [1.82, 2.24) is 4.90 Å². The third kappa shape index (κ3) is 3.47. The Morgan fingerprint density at radius 3 is 2.48 bits per heavy atom. The lowest BCUT2D eigenvalue weighted by molar-refractivity contribution is 0.0975. The number of carbonyl (C=O) groups excluding carboxylic acids is 1. The first-order valence-electron chi connectivity index (χ1n) is 7.77. The number of amides is 1. The Morgan fingerprint density at radius 1 is 1.24 bits per heavy atom. The van der Waals surface area contributed by atoms with E-state index in [9.17, 15) is 4.79 Å². The molecule has 5 heteroatoms. The summed E-state index contributed by atoms with van der Waals surface area (Å²) in [7, 11) is 0. The molecule has 0 radical (unpaired) electrons. The number of hydrogen-bond acceptors (Lipinski definition) is 4. The van der Waals surface area contributed by atoms with Crippen molar-refractivity contribution < 1.29 is 9.53 Å². The summed E-state index contributed by atoms with van der Waals surface area (Å²) in [6.07, 6.45) is 2.20. The van der Waals surface area contributed by atoms with Crippen LogP contribution in [0.2, 0.25) is 0 Å². The first-order valence-corrected chi connectivity index (χ1v) is 7.77. The fraction of sp³-hybridized carbons (Fsp3) is 0.562. The second-order valence-electron chi connectivity index (χ2n) is 5.81. The van der Waals surface area contributed by atoms with Crippen LogP contribution < -0.4 is 10.6 Å². The van der Waals surface area contributed by atoms with E-state index in [1.807, 2.05) is 24.3 Å². The molecular weight excluding hydrogens is 266 g/mol. The molecule has 1 unspecified atom stereocenters.